The van der Waals surface area contributed by atoms with Crippen LogP contribution in [-0.2, 0) is 16.0 Å². The van der Waals surface area contributed by atoms with Crippen LogP contribution in [0.4, 0.5) is 0 Å². The minimum atomic E-state index is -0.693. The van der Waals surface area contributed by atoms with Crippen molar-refractivity contribution in [1.82, 2.24) is 16.0 Å². The first kappa shape index (κ1) is 29.4. The summed E-state index contributed by atoms with van der Waals surface area (Å²) in [5.74, 6) is -0.448. The zero-order chi connectivity index (χ0) is 28.0. The van der Waals surface area contributed by atoms with Gasteiger partial charge < -0.3 is 36.6 Å². The average molecular weight is 537 g/mol. The molecule has 0 bridgehead atoms. The third-order valence-electron chi connectivity index (χ3n) is 6.04. The predicted octanol–water partition coefficient (Wildman–Crippen LogP) is 1.62. The van der Waals surface area contributed by atoms with Crippen molar-refractivity contribution >= 4 is 28.5 Å². The first-order valence-corrected chi connectivity index (χ1v) is 13.0. The lowest BCUT2D eigenvalue weighted by molar-refractivity contribution is -0.122. The van der Waals surface area contributed by atoms with Gasteiger partial charge in [0.15, 0.2) is 0 Å². The standard InChI is InChI=1S/C29H36N4O6/c30-24(18-20-8-11-22(35)12-9-20)28(37)32-14-3-4-17-39-25-13-10-21-6-1-2-7-23(21)27(25)29(38)33-19-26(36)31-15-5-16-34/h1-2,6-13,24,34-35H,3-5,14-19,30H2,(H,31,36)(H,32,37)(H,33,38). The van der Waals surface area contributed by atoms with Crippen LogP contribution in [0.2, 0.25) is 0 Å². The molecule has 10 heteroatoms. The molecular weight excluding hydrogens is 500 g/mol. The van der Waals surface area contributed by atoms with Crippen molar-refractivity contribution in [1.29, 1.82) is 0 Å². The molecule has 39 heavy (non-hydrogen) atoms. The summed E-state index contributed by atoms with van der Waals surface area (Å²) in [5, 5.41) is 27.9. The van der Waals surface area contributed by atoms with Crippen LogP contribution in [0.5, 0.6) is 11.5 Å². The van der Waals surface area contributed by atoms with Crippen molar-refractivity contribution in [2.24, 2.45) is 5.73 Å². The van der Waals surface area contributed by atoms with Crippen LogP contribution >= 0.6 is 0 Å². The number of aliphatic hydroxyl groups excluding tert-OH is 1. The maximum absolute atomic E-state index is 13.1. The highest BCUT2D eigenvalue weighted by atomic mass is 16.5. The highest BCUT2D eigenvalue weighted by molar-refractivity contribution is 6.10. The lowest BCUT2D eigenvalue weighted by Crippen LogP contribution is -2.42. The fourth-order valence-corrected chi connectivity index (χ4v) is 3.95. The molecule has 1 atom stereocenters. The Morgan fingerprint density at radius 1 is 0.872 bits per heavy atom. The third-order valence-corrected chi connectivity index (χ3v) is 6.04. The second kappa shape index (κ2) is 15.3. The molecule has 1 unspecified atom stereocenters. The smallest absolute Gasteiger partial charge is 0.256 e. The zero-order valence-electron chi connectivity index (χ0n) is 21.8. The number of aromatic hydroxyl groups is 1. The van der Waals surface area contributed by atoms with E-state index in [2.05, 4.69) is 16.0 Å². The van der Waals surface area contributed by atoms with Gasteiger partial charge in [-0.2, -0.15) is 0 Å². The summed E-state index contributed by atoms with van der Waals surface area (Å²) in [6, 6.07) is 16.9. The Morgan fingerprint density at radius 3 is 2.38 bits per heavy atom. The largest absolute Gasteiger partial charge is 0.508 e. The van der Waals surface area contributed by atoms with Gasteiger partial charge >= 0.3 is 0 Å². The van der Waals surface area contributed by atoms with E-state index in [-0.39, 0.29) is 30.7 Å². The number of carbonyl (C=O) groups is 3. The van der Waals surface area contributed by atoms with Crippen molar-refractivity contribution in [3.05, 3.63) is 71.8 Å². The van der Waals surface area contributed by atoms with Crippen LogP contribution in [0.15, 0.2) is 60.7 Å². The van der Waals surface area contributed by atoms with E-state index in [4.69, 9.17) is 15.6 Å². The number of amides is 3. The second-order valence-corrected chi connectivity index (χ2v) is 9.09. The van der Waals surface area contributed by atoms with Crippen molar-refractivity contribution < 1.29 is 29.3 Å². The lowest BCUT2D eigenvalue weighted by Gasteiger charge is -2.15. The topological polar surface area (TPSA) is 163 Å². The number of phenolic OH excluding ortho intramolecular Hbond substituents is 1. The fourth-order valence-electron chi connectivity index (χ4n) is 3.95. The van der Waals surface area contributed by atoms with Gasteiger partial charge in [0, 0.05) is 19.7 Å². The van der Waals surface area contributed by atoms with Crippen molar-refractivity contribution in [2.45, 2.75) is 31.7 Å². The highest BCUT2D eigenvalue weighted by Crippen LogP contribution is 2.28. The first-order valence-electron chi connectivity index (χ1n) is 13.0. The van der Waals surface area contributed by atoms with Gasteiger partial charge in [0.25, 0.3) is 5.91 Å². The van der Waals surface area contributed by atoms with Gasteiger partial charge in [0.1, 0.15) is 11.5 Å². The summed E-state index contributed by atoms with van der Waals surface area (Å²) in [6.07, 6.45) is 2.10. The number of fused-ring (bicyclic) bond motifs is 1. The summed E-state index contributed by atoms with van der Waals surface area (Å²) in [5.41, 5.74) is 7.21. The van der Waals surface area contributed by atoms with Crippen LogP contribution in [0.3, 0.4) is 0 Å². The molecule has 0 aliphatic heterocycles. The summed E-state index contributed by atoms with van der Waals surface area (Å²) in [6.45, 7) is 0.877. The molecule has 0 aliphatic carbocycles. The Bertz CT molecular complexity index is 1250. The number of rotatable bonds is 15. The Balaban J connectivity index is 1.48. The molecule has 208 valence electrons. The molecule has 7 N–H and O–H groups in total. The van der Waals surface area contributed by atoms with Crippen LogP contribution in [-0.4, -0.2) is 66.8 Å². The normalized spacial score (nSPS) is 11.5. The molecule has 10 nitrogen and oxygen atoms in total. The Morgan fingerprint density at radius 2 is 1.62 bits per heavy atom. The van der Waals surface area contributed by atoms with E-state index >= 15 is 0 Å². The summed E-state index contributed by atoms with van der Waals surface area (Å²) in [7, 11) is 0. The molecule has 0 heterocycles. The number of hydrogen-bond acceptors (Lipinski definition) is 7. The summed E-state index contributed by atoms with van der Waals surface area (Å²) < 4.78 is 5.95. The number of benzene rings is 3. The van der Waals surface area contributed by atoms with Gasteiger partial charge in [0.2, 0.25) is 11.8 Å². The molecule has 3 amide bonds. The van der Waals surface area contributed by atoms with E-state index in [1.54, 1.807) is 30.3 Å². The average Bonchev–Trinajstić information content (AvgIpc) is 2.94. The Labute approximate surface area is 227 Å². The molecule has 0 aromatic heterocycles. The molecule has 0 saturated heterocycles. The number of unbranched alkanes of at least 4 members (excludes halogenated alkanes) is 1. The Hall–Kier alpha value is -4.15. The van der Waals surface area contributed by atoms with E-state index < -0.39 is 11.9 Å². The Kier molecular flexibility index (Phi) is 11.5. The molecular formula is C29H36N4O6. The lowest BCUT2D eigenvalue weighted by atomic mass is 10.0. The maximum atomic E-state index is 13.1. The SMILES string of the molecule is NC(Cc1ccc(O)cc1)C(=O)NCCCCOc1ccc2ccccc2c1C(=O)NCC(=O)NCCCO. The summed E-state index contributed by atoms with van der Waals surface area (Å²) >= 11 is 0. The van der Waals surface area contributed by atoms with Gasteiger partial charge in [-0.05, 0) is 60.2 Å². The van der Waals surface area contributed by atoms with Crippen LogP contribution in [0.1, 0.15) is 35.2 Å². The minimum absolute atomic E-state index is 0.0235. The predicted molar refractivity (Wildman–Crippen MR) is 149 cm³/mol. The maximum Gasteiger partial charge on any atom is 0.256 e. The molecule has 0 radical (unpaired) electrons. The zero-order valence-corrected chi connectivity index (χ0v) is 21.8. The molecule has 3 aromatic rings. The number of hydrogen-bond donors (Lipinski definition) is 6. The van der Waals surface area contributed by atoms with Gasteiger partial charge in [-0.1, -0.05) is 42.5 Å². The number of ether oxygens (including phenoxy) is 1. The molecule has 0 aliphatic rings. The van der Waals surface area contributed by atoms with E-state index in [1.807, 2.05) is 30.3 Å². The molecule has 0 spiro atoms. The van der Waals surface area contributed by atoms with Gasteiger partial charge in [-0.15, -0.1) is 0 Å². The number of aliphatic hydroxyl groups is 1. The summed E-state index contributed by atoms with van der Waals surface area (Å²) in [4.78, 5) is 37.3. The minimum Gasteiger partial charge on any atom is -0.508 e. The molecule has 3 rings (SSSR count). The van der Waals surface area contributed by atoms with Crippen LogP contribution < -0.4 is 26.4 Å². The van der Waals surface area contributed by atoms with Gasteiger partial charge in [-0.25, -0.2) is 0 Å². The van der Waals surface area contributed by atoms with Crippen molar-refractivity contribution in [3.63, 3.8) is 0 Å². The number of nitrogens with two attached hydrogens (primary N) is 1. The molecule has 0 saturated carbocycles. The second-order valence-electron chi connectivity index (χ2n) is 9.09. The van der Waals surface area contributed by atoms with Crippen molar-refractivity contribution in [3.8, 4) is 11.5 Å². The monoisotopic (exact) mass is 536 g/mol. The third kappa shape index (κ3) is 9.27. The quantitative estimate of drug-likeness (QED) is 0.161. The van der Waals surface area contributed by atoms with Crippen LogP contribution in [0, 0.1) is 0 Å². The van der Waals surface area contributed by atoms with Crippen molar-refractivity contribution in [2.75, 3.05) is 32.8 Å². The van der Waals surface area contributed by atoms with Gasteiger partial charge in [-0.3, -0.25) is 14.4 Å². The number of phenols is 1. The molecule has 3 aromatic carbocycles. The van der Waals surface area contributed by atoms with E-state index in [0.717, 1.165) is 10.9 Å². The highest BCUT2D eigenvalue weighted by Gasteiger charge is 2.18. The van der Waals surface area contributed by atoms with E-state index in [9.17, 15) is 19.5 Å². The van der Waals surface area contributed by atoms with Crippen LogP contribution in [0.25, 0.3) is 10.8 Å². The number of nitrogens with one attached hydrogen (secondary N) is 3. The number of carbonyl (C=O) groups excluding carboxylic acids is 3. The first-order chi connectivity index (χ1) is 18.9. The van der Waals surface area contributed by atoms with Gasteiger partial charge in [0.05, 0.1) is 24.8 Å². The fraction of sp³-hybridized carbons (Fsp3) is 0.345. The molecule has 0 fully saturated rings. The van der Waals surface area contributed by atoms with E-state index in [0.29, 0.717) is 62.1 Å². The van der Waals surface area contributed by atoms with E-state index in [1.165, 1.54) is 0 Å².